The number of anilines is 1. The number of H-pyrrole nitrogens is 1. The van der Waals surface area contributed by atoms with Crippen molar-refractivity contribution in [1.29, 1.82) is 0 Å². The van der Waals surface area contributed by atoms with Gasteiger partial charge in [0.2, 0.25) is 5.95 Å². The van der Waals surface area contributed by atoms with Gasteiger partial charge >= 0.3 is 0 Å². The zero-order valence-electron chi connectivity index (χ0n) is 15.8. The normalized spacial score (nSPS) is 11.1. The van der Waals surface area contributed by atoms with E-state index in [1.807, 2.05) is 42.6 Å². The van der Waals surface area contributed by atoms with Crippen molar-refractivity contribution < 1.29 is 4.79 Å². The average Bonchev–Trinajstić information content (AvgIpc) is 3.33. The Hall–Kier alpha value is -3.26. The molecule has 28 heavy (non-hydrogen) atoms. The molecule has 3 aromatic heterocycles. The topological polar surface area (TPSA) is 83.4 Å². The highest BCUT2D eigenvalue weighted by Crippen LogP contribution is 2.20. The predicted molar refractivity (Wildman–Crippen MR) is 109 cm³/mol. The Morgan fingerprint density at radius 1 is 1.18 bits per heavy atom. The molecule has 1 N–H and O–H groups in total. The van der Waals surface area contributed by atoms with Crippen molar-refractivity contribution in [3.8, 4) is 0 Å². The summed E-state index contributed by atoms with van der Waals surface area (Å²) in [6, 6.07) is 11.3. The highest BCUT2D eigenvalue weighted by molar-refractivity contribution is 7.09. The molecule has 0 saturated carbocycles. The first kappa shape index (κ1) is 18.1. The number of fused-ring (bicyclic) bond motifs is 1. The van der Waals surface area contributed by atoms with Crippen LogP contribution in [-0.4, -0.2) is 25.5 Å². The van der Waals surface area contributed by atoms with Crippen molar-refractivity contribution in [2.75, 3.05) is 4.90 Å². The Morgan fingerprint density at radius 3 is 2.71 bits per heavy atom. The van der Waals surface area contributed by atoms with Crippen LogP contribution in [0.3, 0.4) is 0 Å². The summed E-state index contributed by atoms with van der Waals surface area (Å²) in [7, 11) is 0. The monoisotopic (exact) mass is 393 g/mol. The van der Waals surface area contributed by atoms with Gasteiger partial charge in [-0.15, -0.1) is 11.3 Å². The van der Waals surface area contributed by atoms with Gasteiger partial charge in [0.15, 0.2) is 0 Å². The number of hydrogen-bond donors (Lipinski definition) is 1. The number of thiophene rings is 1. The Balaban J connectivity index is 1.83. The Labute approximate surface area is 165 Å². The third kappa shape index (κ3) is 3.22. The molecular formula is C20H19N5O2S. The molecule has 0 bridgehead atoms. The van der Waals surface area contributed by atoms with Gasteiger partial charge in [-0.1, -0.05) is 23.8 Å². The zero-order valence-corrected chi connectivity index (χ0v) is 16.6. The van der Waals surface area contributed by atoms with Crippen LogP contribution in [0.15, 0.2) is 46.6 Å². The van der Waals surface area contributed by atoms with E-state index >= 15 is 0 Å². The molecule has 0 saturated heterocycles. The summed E-state index contributed by atoms with van der Waals surface area (Å²) >= 11 is 1.56. The van der Waals surface area contributed by atoms with Crippen molar-refractivity contribution in [2.24, 2.45) is 0 Å². The second-order valence-electron chi connectivity index (χ2n) is 6.65. The SMILES string of the molecule is Cc1cccc(C(=O)N(Cc2cccs2)c2nc3nc(C)c(C)c(=O)n3[nH]2)c1. The number of benzene rings is 1. The third-order valence-corrected chi connectivity index (χ3v) is 5.47. The van der Waals surface area contributed by atoms with Crippen molar-refractivity contribution in [1.82, 2.24) is 19.6 Å². The van der Waals surface area contributed by atoms with Crippen LogP contribution in [0.1, 0.15) is 32.1 Å². The van der Waals surface area contributed by atoms with Crippen molar-refractivity contribution in [2.45, 2.75) is 27.3 Å². The van der Waals surface area contributed by atoms with Gasteiger partial charge in [0.1, 0.15) is 0 Å². The smallest absolute Gasteiger partial charge is 0.272 e. The van der Waals surface area contributed by atoms with Crippen molar-refractivity contribution in [3.05, 3.63) is 79.4 Å². The highest BCUT2D eigenvalue weighted by Gasteiger charge is 2.23. The number of carbonyl (C=O) groups excluding carboxylic acids is 1. The molecule has 0 spiro atoms. The fourth-order valence-electron chi connectivity index (χ4n) is 2.95. The predicted octanol–water partition coefficient (Wildman–Crippen LogP) is 3.25. The van der Waals surface area contributed by atoms with E-state index in [0.717, 1.165) is 10.4 Å². The summed E-state index contributed by atoms with van der Waals surface area (Å²) in [5, 5.41) is 4.91. The largest absolute Gasteiger partial charge is 0.277 e. The molecule has 0 radical (unpaired) electrons. The molecule has 1 aromatic carbocycles. The van der Waals surface area contributed by atoms with E-state index in [2.05, 4.69) is 15.1 Å². The van der Waals surface area contributed by atoms with Crippen molar-refractivity contribution in [3.63, 3.8) is 0 Å². The maximum absolute atomic E-state index is 13.3. The lowest BCUT2D eigenvalue weighted by Gasteiger charge is -2.19. The van der Waals surface area contributed by atoms with E-state index in [1.54, 1.807) is 36.2 Å². The maximum Gasteiger partial charge on any atom is 0.277 e. The summed E-state index contributed by atoms with van der Waals surface area (Å²) in [5.41, 5.74) is 2.50. The van der Waals surface area contributed by atoms with E-state index in [9.17, 15) is 9.59 Å². The minimum Gasteiger partial charge on any atom is -0.272 e. The van der Waals surface area contributed by atoms with Gasteiger partial charge in [0, 0.05) is 21.7 Å². The van der Waals surface area contributed by atoms with Crippen LogP contribution >= 0.6 is 11.3 Å². The van der Waals surface area contributed by atoms with Crippen LogP contribution in [0.2, 0.25) is 0 Å². The Bertz CT molecular complexity index is 1220. The molecule has 7 nitrogen and oxygen atoms in total. The molecule has 0 aliphatic heterocycles. The fraction of sp³-hybridized carbons (Fsp3) is 0.200. The first-order valence-electron chi connectivity index (χ1n) is 8.81. The molecule has 0 aliphatic rings. The zero-order chi connectivity index (χ0) is 19.8. The van der Waals surface area contributed by atoms with E-state index in [1.165, 1.54) is 4.52 Å². The summed E-state index contributed by atoms with van der Waals surface area (Å²) in [6.07, 6.45) is 0. The second kappa shape index (κ2) is 7.05. The summed E-state index contributed by atoms with van der Waals surface area (Å²) in [5.74, 6) is 0.337. The molecule has 4 aromatic rings. The molecule has 0 atom stereocenters. The van der Waals surface area contributed by atoms with Crippen LogP contribution in [0.5, 0.6) is 0 Å². The number of nitrogens with one attached hydrogen (secondary N) is 1. The van der Waals surface area contributed by atoms with Crippen LogP contribution in [0.4, 0.5) is 5.95 Å². The minimum absolute atomic E-state index is 0.197. The Morgan fingerprint density at radius 2 is 2.00 bits per heavy atom. The number of hydrogen-bond acceptors (Lipinski definition) is 5. The third-order valence-electron chi connectivity index (χ3n) is 4.61. The lowest BCUT2D eigenvalue weighted by Crippen LogP contribution is -2.31. The first-order chi connectivity index (χ1) is 13.4. The van der Waals surface area contributed by atoms with Crippen LogP contribution < -0.4 is 10.5 Å². The minimum atomic E-state index is -0.222. The molecule has 1 amide bonds. The lowest BCUT2D eigenvalue weighted by atomic mass is 10.1. The summed E-state index contributed by atoms with van der Waals surface area (Å²) in [6.45, 7) is 5.78. The van der Waals surface area contributed by atoms with Crippen LogP contribution in [-0.2, 0) is 6.54 Å². The maximum atomic E-state index is 13.3. The lowest BCUT2D eigenvalue weighted by molar-refractivity contribution is 0.0983. The molecule has 3 heterocycles. The highest BCUT2D eigenvalue weighted by atomic mass is 32.1. The van der Waals surface area contributed by atoms with Gasteiger partial charge < -0.3 is 0 Å². The van der Waals surface area contributed by atoms with E-state index in [0.29, 0.717) is 23.4 Å². The number of amides is 1. The Kier molecular flexibility index (Phi) is 4.56. The molecule has 0 fully saturated rings. The number of rotatable bonds is 4. The number of aromatic amines is 1. The molecular weight excluding hydrogens is 374 g/mol. The second-order valence-corrected chi connectivity index (χ2v) is 7.68. The van der Waals surface area contributed by atoms with E-state index in [4.69, 9.17) is 0 Å². The fourth-order valence-corrected chi connectivity index (χ4v) is 3.64. The molecule has 4 rings (SSSR count). The van der Waals surface area contributed by atoms with Crippen molar-refractivity contribution >= 4 is 29.0 Å². The number of carbonyl (C=O) groups is 1. The number of aryl methyl sites for hydroxylation is 2. The summed E-state index contributed by atoms with van der Waals surface area (Å²) < 4.78 is 1.28. The van der Waals surface area contributed by atoms with E-state index < -0.39 is 0 Å². The van der Waals surface area contributed by atoms with Gasteiger partial charge in [-0.05, 0) is 44.4 Å². The van der Waals surface area contributed by atoms with E-state index in [-0.39, 0.29) is 23.2 Å². The van der Waals surface area contributed by atoms with Gasteiger partial charge in [0.05, 0.1) is 6.54 Å². The van der Waals surface area contributed by atoms with Gasteiger partial charge in [-0.25, -0.2) is 4.98 Å². The standard InChI is InChI=1S/C20H19N5O2S/c1-12-6-4-7-15(10-12)18(27)24(11-16-8-5-9-28-16)20-22-19-21-14(3)13(2)17(26)25(19)23-20/h4-10H,11H2,1-3H3,(H,21,22,23). The van der Waals surface area contributed by atoms with Gasteiger partial charge in [-0.2, -0.15) is 9.50 Å². The molecule has 0 aliphatic carbocycles. The average molecular weight is 393 g/mol. The molecule has 142 valence electrons. The quantitative estimate of drug-likeness (QED) is 0.577. The van der Waals surface area contributed by atoms with Crippen LogP contribution in [0.25, 0.3) is 5.78 Å². The van der Waals surface area contributed by atoms with Gasteiger partial charge in [-0.3, -0.25) is 19.6 Å². The van der Waals surface area contributed by atoms with Gasteiger partial charge in [0.25, 0.3) is 17.2 Å². The number of aromatic nitrogens is 4. The molecule has 0 unspecified atom stereocenters. The number of nitrogens with zero attached hydrogens (tertiary/aromatic N) is 4. The summed E-state index contributed by atoms with van der Waals surface area (Å²) in [4.78, 5) is 37.2. The molecule has 8 heteroatoms. The van der Waals surface area contributed by atoms with Crippen LogP contribution in [0, 0.1) is 20.8 Å². The first-order valence-corrected chi connectivity index (χ1v) is 9.69.